The molecule has 30 heavy (non-hydrogen) atoms. The molecular weight excluding hydrogens is 412 g/mol. The molecule has 1 heterocycles. The van der Waals surface area contributed by atoms with Crippen molar-refractivity contribution in [3.05, 3.63) is 24.0 Å². The van der Waals surface area contributed by atoms with Gasteiger partial charge in [-0.3, -0.25) is 4.79 Å². The molecule has 2 aromatic rings. The first kappa shape index (κ1) is 22.1. The molecule has 0 saturated heterocycles. The van der Waals surface area contributed by atoms with Crippen molar-refractivity contribution in [3.63, 3.8) is 0 Å². The van der Waals surface area contributed by atoms with Crippen molar-refractivity contribution in [2.24, 2.45) is 5.92 Å². The lowest BCUT2D eigenvalue weighted by Crippen LogP contribution is -2.40. The van der Waals surface area contributed by atoms with E-state index in [1.54, 1.807) is 25.1 Å². The minimum absolute atomic E-state index is 0.0358. The van der Waals surface area contributed by atoms with Gasteiger partial charge in [-0.1, -0.05) is 0 Å². The molecule has 10 heteroatoms. The monoisotopic (exact) mass is 438 g/mol. The summed E-state index contributed by atoms with van der Waals surface area (Å²) in [7, 11) is -0.567. The number of hydrogen-bond acceptors (Lipinski definition) is 7. The lowest BCUT2D eigenvalue weighted by molar-refractivity contribution is -0.120. The summed E-state index contributed by atoms with van der Waals surface area (Å²) in [6.45, 7) is 1.60. The standard InChI is InChI=1S/C20H26N2O7S/c1-4-30(25,26)22-13-7-5-12(6-8-13)19(23)21-14-9-10-16-15(11-14)17(27-2)18(29-16)20(24)28-3/h9-13,22H,4-8H2,1-3H3,(H,21,23). The Bertz CT molecular complexity index is 1040. The Hall–Kier alpha value is -2.59. The SMILES string of the molecule is CCS(=O)(=O)NC1CCC(C(=O)Nc2ccc3oc(C(=O)OC)c(OC)c3c2)CC1. The van der Waals surface area contributed by atoms with Crippen LogP contribution in [0, 0.1) is 5.92 Å². The van der Waals surface area contributed by atoms with E-state index in [1.807, 2.05) is 0 Å². The molecule has 0 aliphatic heterocycles. The molecule has 164 valence electrons. The summed E-state index contributed by atoms with van der Waals surface area (Å²) in [5.41, 5.74) is 0.991. The van der Waals surface area contributed by atoms with Crippen molar-refractivity contribution < 1.29 is 31.9 Å². The number of fused-ring (bicyclic) bond motifs is 1. The summed E-state index contributed by atoms with van der Waals surface area (Å²) < 4.78 is 41.6. The number of carbonyl (C=O) groups excluding carboxylic acids is 2. The molecule has 2 N–H and O–H groups in total. The normalized spacial score (nSPS) is 19.4. The number of esters is 1. The molecule has 1 amide bonds. The first-order chi connectivity index (χ1) is 14.3. The summed E-state index contributed by atoms with van der Waals surface area (Å²) >= 11 is 0. The third-order valence-electron chi connectivity index (χ3n) is 5.31. The van der Waals surface area contributed by atoms with E-state index in [-0.39, 0.29) is 35.1 Å². The highest BCUT2D eigenvalue weighted by Crippen LogP contribution is 2.35. The van der Waals surface area contributed by atoms with Crippen LogP contribution >= 0.6 is 0 Å². The van der Waals surface area contributed by atoms with Crippen LogP contribution in [-0.4, -0.2) is 46.3 Å². The number of amides is 1. The van der Waals surface area contributed by atoms with E-state index in [1.165, 1.54) is 14.2 Å². The molecule has 9 nitrogen and oxygen atoms in total. The van der Waals surface area contributed by atoms with Crippen molar-refractivity contribution in [2.75, 3.05) is 25.3 Å². The topological polar surface area (TPSA) is 124 Å². The van der Waals surface area contributed by atoms with Crippen LogP contribution < -0.4 is 14.8 Å². The van der Waals surface area contributed by atoms with E-state index in [4.69, 9.17) is 13.9 Å². The minimum Gasteiger partial charge on any atom is -0.492 e. The molecule has 1 fully saturated rings. The number of rotatable bonds is 7. The highest BCUT2D eigenvalue weighted by atomic mass is 32.2. The number of nitrogens with one attached hydrogen (secondary N) is 2. The van der Waals surface area contributed by atoms with Gasteiger partial charge in [0.15, 0.2) is 5.75 Å². The largest absolute Gasteiger partial charge is 0.492 e. The molecular formula is C20H26N2O7S. The van der Waals surface area contributed by atoms with Crippen LogP contribution in [-0.2, 0) is 19.6 Å². The number of methoxy groups -OCH3 is 2. The van der Waals surface area contributed by atoms with Crippen LogP contribution in [0.3, 0.4) is 0 Å². The van der Waals surface area contributed by atoms with Gasteiger partial charge in [0, 0.05) is 17.6 Å². The Kier molecular flexibility index (Phi) is 6.67. The van der Waals surface area contributed by atoms with Gasteiger partial charge in [0.2, 0.25) is 15.9 Å². The Labute approximate surface area is 175 Å². The second kappa shape index (κ2) is 9.05. The van der Waals surface area contributed by atoms with E-state index in [0.717, 1.165) is 0 Å². The van der Waals surface area contributed by atoms with Gasteiger partial charge in [-0.05, 0) is 50.8 Å². The van der Waals surface area contributed by atoms with Crippen LogP contribution in [0.2, 0.25) is 0 Å². The van der Waals surface area contributed by atoms with Crippen LogP contribution in [0.15, 0.2) is 22.6 Å². The smallest absolute Gasteiger partial charge is 0.377 e. The first-order valence-electron chi connectivity index (χ1n) is 9.77. The molecule has 1 aliphatic rings. The average Bonchev–Trinajstić information content (AvgIpc) is 3.11. The molecule has 0 radical (unpaired) electrons. The third-order valence-corrected chi connectivity index (χ3v) is 6.76. The van der Waals surface area contributed by atoms with Gasteiger partial charge >= 0.3 is 5.97 Å². The van der Waals surface area contributed by atoms with Crippen molar-refractivity contribution in [3.8, 4) is 5.75 Å². The summed E-state index contributed by atoms with van der Waals surface area (Å²) in [4.78, 5) is 24.5. The van der Waals surface area contributed by atoms with E-state index in [2.05, 4.69) is 10.0 Å². The van der Waals surface area contributed by atoms with Crippen LogP contribution in [0.1, 0.15) is 43.2 Å². The fraction of sp³-hybridized carbons (Fsp3) is 0.500. The minimum atomic E-state index is -3.24. The molecule has 1 aromatic carbocycles. The van der Waals surface area contributed by atoms with Gasteiger partial charge in [0.1, 0.15) is 5.58 Å². The molecule has 0 spiro atoms. The van der Waals surface area contributed by atoms with E-state index in [0.29, 0.717) is 42.3 Å². The fourth-order valence-corrected chi connectivity index (χ4v) is 4.55. The molecule has 1 aliphatic carbocycles. The third kappa shape index (κ3) is 4.76. The van der Waals surface area contributed by atoms with Crippen LogP contribution in [0.4, 0.5) is 5.69 Å². The predicted octanol–water partition coefficient (Wildman–Crippen LogP) is 2.66. The summed E-state index contributed by atoms with van der Waals surface area (Å²) in [5.74, 6) is -0.709. The lowest BCUT2D eigenvalue weighted by Gasteiger charge is -2.28. The zero-order chi connectivity index (χ0) is 21.9. The van der Waals surface area contributed by atoms with Gasteiger partial charge in [-0.25, -0.2) is 17.9 Å². The Balaban J connectivity index is 1.68. The van der Waals surface area contributed by atoms with Crippen molar-refractivity contribution in [2.45, 2.75) is 38.6 Å². The summed E-state index contributed by atoms with van der Waals surface area (Å²) in [6.07, 6.45) is 2.45. The molecule has 1 saturated carbocycles. The van der Waals surface area contributed by atoms with E-state index < -0.39 is 16.0 Å². The maximum atomic E-state index is 12.7. The van der Waals surface area contributed by atoms with Gasteiger partial charge in [0.05, 0.1) is 25.4 Å². The highest BCUT2D eigenvalue weighted by Gasteiger charge is 2.28. The van der Waals surface area contributed by atoms with Gasteiger partial charge in [-0.15, -0.1) is 0 Å². The number of furan rings is 1. The highest BCUT2D eigenvalue weighted by molar-refractivity contribution is 7.89. The van der Waals surface area contributed by atoms with E-state index in [9.17, 15) is 18.0 Å². The second-order valence-electron chi connectivity index (χ2n) is 7.23. The Morgan fingerprint density at radius 2 is 1.87 bits per heavy atom. The first-order valence-corrected chi connectivity index (χ1v) is 11.4. The molecule has 0 atom stereocenters. The number of carbonyl (C=O) groups is 2. The maximum absolute atomic E-state index is 12.7. The molecule has 1 aromatic heterocycles. The predicted molar refractivity (Wildman–Crippen MR) is 111 cm³/mol. The van der Waals surface area contributed by atoms with Gasteiger partial charge < -0.3 is 19.2 Å². The number of benzene rings is 1. The Morgan fingerprint density at radius 3 is 2.47 bits per heavy atom. The zero-order valence-electron chi connectivity index (χ0n) is 17.2. The summed E-state index contributed by atoms with van der Waals surface area (Å²) in [5, 5.41) is 3.44. The van der Waals surface area contributed by atoms with Crippen molar-refractivity contribution in [1.82, 2.24) is 4.72 Å². The number of anilines is 1. The lowest BCUT2D eigenvalue weighted by atomic mass is 9.86. The fourth-order valence-electron chi connectivity index (χ4n) is 3.64. The zero-order valence-corrected chi connectivity index (χ0v) is 18.0. The number of ether oxygens (including phenoxy) is 2. The van der Waals surface area contributed by atoms with Crippen molar-refractivity contribution >= 4 is 38.6 Å². The molecule has 3 rings (SSSR count). The molecule has 0 bridgehead atoms. The second-order valence-corrected chi connectivity index (χ2v) is 9.27. The van der Waals surface area contributed by atoms with Crippen LogP contribution in [0.5, 0.6) is 5.75 Å². The quantitative estimate of drug-likeness (QED) is 0.637. The van der Waals surface area contributed by atoms with E-state index >= 15 is 0 Å². The maximum Gasteiger partial charge on any atom is 0.377 e. The van der Waals surface area contributed by atoms with Gasteiger partial charge in [0.25, 0.3) is 5.76 Å². The number of sulfonamides is 1. The van der Waals surface area contributed by atoms with Crippen LogP contribution in [0.25, 0.3) is 11.0 Å². The van der Waals surface area contributed by atoms with Crippen molar-refractivity contribution in [1.29, 1.82) is 0 Å². The summed E-state index contributed by atoms with van der Waals surface area (Å²) in [6, 6.07) is 4.90. The van der Waals surface area contributed by atoms with Gasteiger partial charge in [-0.2, -0.15) is 0 Å². The average molecular weight is 439 g/mol. The Morgan fingerprint density at radius 1 is 1.17 bits per heavy atom. The number of hydrogen-bond donors (Lipinski definition) is 2. The molecule has 0 unspecified atom stereocenters.